The second-order valence-corrected chi connectivity index (χ2v) is 4.68. The summed E-state index contributed by atoms with van der Waals surface area (Å²) in [6, 6.07) is 2.86. The number of nitrogens with zero attached hydrogens (tertiary/aromatic N) is 2. The van der Waals surface area contributed by atoms with Crippen molar-refractivity contribution in [3.63, 3.8) is 0 Å². The maximum Gasteiger partial charge on any atom is 0.319 e. The number of benzene rings is 1. The Morgan fingerprint density at radius 1 is 1.05 bits per heavy atom. The molecule has 0 saturated heterocycles. The van der Waals surface area contributed by atoms with Gasteiger partial charge < -0.3 is 24.8 Å². The fraction of sp³-hybridized carbons (Fsp3) is 0.500. The maximum absolute atomic E-state index is 11.7. The van der Waals surface area contributed by atoms with Crippen molar-refractivity contribution >= 4 is 24.1 Å². The number of hydrogen-bond acceptors (Lipinski definition) is 5. The molecule has 2 N–H and O–H groups in total. The van der Waals surface area contributed by atoms with Crippen LogP contribution in [0.2, 0.25) is 0 Å². The molecule has 0 unspecified atom stereocenters. The largest absolute Gasteiger partial charge is 0.493 e. The van der Waals surface area contributed by atoms with Gasteiger partial charge in [-0.15, -0.1) is 12.4 Å². The second-order valence-electron chi connectivity index (χ2n) is 4.68. The van der Waals surface area contributed by atoms with Gasteiger partial charge in [0.25, 0.3) is 0 Å². The molecule has 0 heterocycles. The molecule has 126 valence electrons. The van der Waals surface area contributed by atoms with Crippen molar-refractivity contribution < 1.29 is 19.0 Å². The second kappa shape index (κ2) is 9.22. The van der Waals surface area contributed by atoms with E-state index in [4.69, 9.17) is 19.9 Å². The number of carbonyl (C=O) groups excluding carboxylic acids is 1. The molecule has 0 aromatic heterocycles. The van der Waals surface area contributed by atoms with Crippen LogP contribution in [0.4, 0.5) is 10.5 Å². The molecule has 0 radical (unpaired) electrons. The van der Waals surface area contributed by atoms with Crippen LogP contribution in [0, 0.1) is 0 Å². The van der Waals surface area contributed by atoms with Crippen LogP contribution in [0.1, 0.15) is 0 Å². The van der Waals surface area contributed by atoms with E-state index < -0.39 is 6.03 Å². The van der Waals surface area contributed by atoms with Gasteiger partial charge in [-0.25, -0.2) is 4.79 Å². The Morgan fingerprint density at radius 3 is 1.86 bits per heavy atom. The van der Waals surface area contributed by atoms with E-state index in [0.717, 1.165) is 0 Å². The van der Waals surface area contributed by atoms with Crippen molar-refractivity contribution in [2.75, 3.05) is 53.4 Å². The molecule has 8 heteroatoms. The molecule has 0 aliphatic carbocycles. The number of likely N-dealkylation sites (N-methyl/N-ethyl adjacent to an activating group) is 1. The van der Waals surface area contributed by atoms with E-state index in [2.05, 4.69) is 0 Å². The average Bonchev–Trinajstić information content (AvgIpc) is 2.45. The SMILES string of the molecule is COc1cc(N(CCN(C)C)C(N)=O)cc(OC)c1OC.Cl. The van der Waals surface area contributed by atoms with Crippen LogP contribution < -0.4 is 24.8 Å². The van der Waals surface area contributed by atoms with E-state index in [-0.39, 0.29) is 12.4 Å². The zero-order valence-corrected chi connectivity index (χ0v) is 14.4. The summed E-state index contributed by atoms with van der Waals surface area (Å²) >= 11 is 0. The lowest BCUT2D eigenvalue weighted by Crippen LogP contribution is -2.40. The molecule has 2 amide bonds. The molecule has 0 fully saturated rings. The third-order valence-corrected chi connectivity index (χ3v) is 3.00. The number of urea groups is 1. The van der Waals surface area contributed by atoms with Crippen LogP contribution in [-0.4, -0.2) is 59.4 Å². The average molecular weight is 334 g/mol. The minimum absolute atomic E-state index is 0. The van der Waals surface area contributed by atoms with Gasteiger partial charge in [0.05, 0.1) is 27.0 Å². The summed E-state index contributed by atoms with van der Waals surface area (Å²) in [4.78, 5) is 15.1. The number of amides is 2. The van der Waals surface area contributed by atoms with Crippen LogP contribution in [0.25, 0.3) is 0 Å². The monoisotopic (exact) mass is 333 g/mol. The van der Waals surface area contributed by atoms with E-state index in [0.29, 0.717) is 36.0 Å². The van der Waals surface area contributed by atoms with E-state index in [9.17, 15) is 4.79 Å². The van der Waals surface area contributed by atoms with Gasteiger partial charge in [0.1, 0.15) is 0 Å². The van der Waals surface area contributed by atoms with Gasteiger partial charge in [0.15, 0.2) is 11.5 Å². The van der Waals surface area contributed by atoms with Crippen LogP contribution in [-0.2, 0) is 0 Å². The first-order chi connectivity index (χ1) is 9.94. The molecule has 0 saturated carbocycles. The highest BCUT2D eigenvalue weighted by atomic mass is 35.5. The smallest absolute Gasteiger partial charge is 0.319 e. The summed E-state index contributed by atoms with van der Waals surface area (Å²) in [7, 11) is 8.42. The number of nitrogens with two attached hydrogens (primary N) is 1. The van der Waals surface area contributed by atoms with Crippen molar-refractivity contribution in [2.45, 2.75) is 0 Å². The first-order valence-corrected chi connectivity index (χ1v) is 6.46. The summed E-state index contributed by atoms with van der Waals surface area (Å²) < 4.78 is 15.8. The summed E-state index contributed by atoms with van der Waals surface area (Å²) in [6.45, 7) is 1.14. The summed E-state index contributed by atoms with van der Waals surface area (Å²) in [5.41, 5.74) is 6.06. The number of methoxy groups -OCH3 is 3. The first kappa shape index (κ1) is 20.1. The molecular weight excluding hydrogens is 310 g/mol. The highest BCUT2D eigenvalue weighted by Crippen LogP contribution is 2.40. The van der Waals surface area contributed by atoms with E-state index in [1.54, 1.807) is 12.1 Å². The molecular formula is C14H24ClN3O4. The van der Waals surface area contributed by atoms with Gasteiger partial charge in [-0.3, -0.25) is 4.90 Å². The topological polar surface area (TPSA) is 77.3 Å². The summed E-state index contributed by atoms with van der Waals surface area (Å²) in [5, 5.41) is 0. The number of rotatable bonds is 7. The molecule has 1 aromatic carbocycles. The van der Waals surface area contributed by atoms with Crippen molar-refractivity contribution in [1.29, 1.82) is 0 Å². The van der Waals surface area contributed by atoms with Gasteiger partial charge in [0, 0.05) is 25.2 Å². The normalized spacial score (nSPS) is 9.91. The van der Waals surface area contributed by atoms with Crippen LogP contribution in [0.3, 0.4) is 0 Å². The molecule has 0 spiro atoms. The predicted molar refractivity (Wildman–Crippen MR) is 88.8 cm³/mol. The number of anilines is 1. The molecule has 0 aliphatic rings. The first-order valence-electron chi connectivity index (χ1n) is 6.46. The van der Waals surface area contributed by atoms with Crippen molar-refractivity contribution in [3.05, 3.63) is 12.1 Å². The Hall–Kier alpha value is -1.86. The molecule has 0 aliphatic heterocycles. The van der Waals surface area contributed by atoms with E-state index in [1.165, 1.54) is 26.2 Å². The van der Waals surface area contributed by atoms with Crippen molar-refractivity contribution in [2.24, 2.45) is 5.73 Å². The third kappa shape index (κ3) is 4.85. The molecule has 1 rings (SSSR count). The van der Waals surface area contributed by atoms with E-state index in [1.807, 2.05) is 19.0 Å². The molecule has 1 aromatic rings. The number of ether oxygens (including phenoxy) is 3. The number of carbonyl (C=O) groups is 1. The Bertz CT molecular complexity index is 472. The van der Waals surface area contributed by atoms with Gasteiger partial charge in [-0.2, -0.15) is 0 Å². The molecule has 7 nitrogen and oxygen atoms in total. The van der Waals surface area contributed by atoms with Crippen LogP contribution >= 0.6 is 12.4 Å². The quantitative estimate of drug-likeness (QED) is 0.819. The lowest BCUT2D eigenvalue weighted by Gasteiger charge is -2.24. The highest BCUT2D eigenvalue weighted by molar-refractivity contribution is 5.91. The fourth-order valence-corrected chi connectivity index (χ4v) is 1.89. The van der Waals surface area contributed by atoms with Gasteiger partial charge >= 0.3 is 6.03 Å². The van der Waals surface area contributed by atoms with Crippen molar-refractivity contribution in [3.8, 4) is 17.2 Å². The Labute approximate surface area is 137 Å². The Morgan fingerprint density at radius 2 is 1.55 bits per heavy atom. The summed E-state index contributed by atoms with van der Waals surface area (Å²) in [6.07, 6.45) is 0. The highest BCUT2D eigenvalue weighted by Gasteiger charge is 2.19. The number of hydrogen-bond donors (Lipinski definition) is 1. The Balaban J connectivity index is 0.00000441. The lowest BCUT2D eigenvalue weighted by atomic mass is 10.2. The fourth-order valence-electron chi connectivity index (χ4n) is 1.89. The van der Waals surface area contributed by atoms with Gasteiger partial charge in [-0.1, -0.05) is 0 Å². The molecule has 22 heavy (non-hydrogen) atoms. The van der Waals surface area contributed by atoms with Gasteiger partial charge in [-0.05, 0) is 14.1 Å². The van der Waals surface area contributed by atoms with Gasteiger partial charge in [0.2, 0.25) is 5.75 Å². The molecule has 0 atom stereocenters. The number of primary amides is 1. The standard InChI is InChI=1S/C14H23N3O4.ClH/c1-16(2)6-7-17(14(15)18)10-8-11(19-3)13(21-5)12(9-10)20-4;/h8-9H,6-7H2,1-5H3,(H2,15,18);1H. The zero-order valence-electron chi connectivity index (χ0n) is 13.6. The predicted octanol–water partition coefficient (Wildman–Crippen LogP) is 1.58. The lowest BCUT2D eigenvalue weighted by molar-refractivity contribution is 0.253. The van der Waals surface area contributed by atoms with Crippen LogP contribution in [0.15, 0.2) is 12.1 Å². The van der Waals surface area contributed by atoms with E-state index >= 15 is 0 Å². The third-order valence-electron chi connectivity index (χ3n) is 3.00. The zero-order chi connectivity index (χ0) is 16.0. The summed E-state index contributed by atoms with van der Waals surface area (Å²) in [5.74, 6) is 1.42. The molecule has 0 bridgehead atoms. The maximum atomic E-state index is 11.7. The van der Waals surface area contributed by atoms with Crippen LogP contribution in [0.5, 0.6) is 17.2 Å². The Kier molecular flexibility index (Phi) is 8.44. The van der Waals surface area contributed by atoms with Crippen molar-refractivity contribution in [1.82, 2.24) is 4.90 Å². The minimum atomic E-state index is -0.536. The minimum Gasteiger partial charge on any atom is -0.493 e. The number of halogens is 1.